The van der Waals surface area contributed by atoms with Crippen molar-refractivity contribution in [1.29, 1.82) is 0 Å². The smallest absolute Gasteiger partial charge is 0.160 e. The van der Waals surface area contributed by atoms with Crippen molar-refractivity contribution in [3.8, 4) is 39.6 Å². The maximum absolute atomic E-state index is 6.89. The lowest BCUT2D eigenvalue weighted by Gasteiger charge is -2.11. The van der Waals surface area contributed by atoms with Crippen LogP contribution in [-0.2, 0) is 0 Å². The van der Waals surface area contributed by atoms with Crippen molar-refractivity contribution >= 4 is 65.7 Å². The molecule has 7 aromatic carbocycles. The summed E-state index contributed by atoms with van der Waals surface area (Å²) in [4.78, 5) is 10.3. The van der Waals surface area contributed by atoms with Crippen LogP contribution in [0, 0.1) is 0 Å². The van der Waals surface area contributed by atoms with Crippen LogP contribution < -0.4 is 0 Å². The molecule has 51 heavy (non-hydrogen) atoms. The molecule has 0 fully saturated rings. The molecule has 11 aromatic rings. The molecular formula is C46H27N3O2. The number of benzene rings is 7. The van der Waals surface area contributed by atoms with E-state index >= 15 is 0 Å². The zero-order chi connectivity index (χ0) is 33.5. The van der Waals surface area contributed by atoms with E-state index in [-0.39, 0.29) is 0 Å². The van der Waals surface area contributed by atoms with Crippen molar-refractivity contribution in [2.45, 2.75) is 0 Å². The molecule has 0 bridgehead atoms. The van der Waals surface area contributed by atoms with Crippen LogP contribution in [0.4, 0.5) is 0 Å². The second-order valence-corrected chi connectivity index (χ2v) is 12.9. The van der Waals surface area contributed by atoms with Crippen LogP contribution in [0.1, 0.15) is 0 Å². The molecule has 4 heterocycles. The maximum Gasteiger partial charge on any atom is 0.160 e. The van der Waals surface area contributed by atoms with Gasteiger partial charge in [-0.25, -0.2) is 9.97 Å². The summed E-state index contributed by atoms with van der Waals surface area (Å²) in [6.45, 7) is 0. The molecule has 0 N–H and O–H groups in total. The molecule has 0 aliphatic carbocycles. The highest BCUT2D eigenvalue weighted by atomic mass is 16.3. The molecule has 0 saturated heterocycles. The van der Waals surface area contributed by atoms with Crippen LogP contribution in [0.25, 0.3) is 105 Å². The molecular weight excluding hydrogens is 627 g/mol. The Morgan fingerprint density at radius 2 is 1.02 bits per heavy atom. The Balaban J connectivity index is 1.24. The molecule has 238 valence electrons. The van der Waals surface area contributed by atoms with Crippen molar-refractivity contribution in [2.24, 2.45) is 0 Å². The summed E-state index contributed by atoms with van der Waals surface area (Å²) in [5, 5.41) is 6.41. The van der Waals surface area contributed by atoms with Gasteiger partial charge in [-0.15, -0.1) is 0 Å². The third-order valence-corrected chi connectivity index (χ3v) is 10.0. The van der Waals surface area contributed by atoms with Gasteiger partial charge < -0.3 is 13.4 Å². The molecule has 0 saturated carbocycles. The van der Waals surface area contributed by atoms with Crippen molar-refractivity contribution in [1.82, 2.24) is 14.5 Å². The Hall–Kier alpha value is -6.98. The fourth-order valence-electron chi connectivity index (χ4n) is 7.73. The molecule has 0 aliphatic rings. The van der Waals surface area contributed by atoms with Gasteiger partial charge in [-0.05, 0) is 48.5 Å². The number of aromatic nitrogens is 3. The van der Waals surface area contributed by atoms with Gasteiger partial charge in [0, 0.05) is 49.1 Å². The number of furan rings is 2. The summed E-state index contributed by atoms with van der Waals surface area (Å²) >= 11 is 0. The van der Waals surface area contributed by atoms with E-state index in [2.05, 4.69) is 114 Å². The molecule has 5 heteroatoms. The van der Waals surface area contributed by atoms with Gasteiger partial charge in [0.15, 0.2) is 5.82 Å². The summed E-state index contributed by atoms with van der Waals surface area (Å²) < 4.78 is 15.8. The lowest BCUT2D eigenvalue weighted by Crippen LogP contribution is -1.96. The fourth-order valence-corrected chi connectivity index (χ4v) is 7.73. The maximum atomic E-state index is 6.89. The predicted molar refractivity (Wildman–Crippen MR) is 207 cm³/mol. The van der Waals surface area contributed by atoms with Gasteiger partial charge >= 0.3 is 0 Å². The summed E-state index contributed by atoms with van der Waals surface area (Å²) in [6, 6.07) is 56.4. The molecule has 0 spiro atoms. The quantitative estimate of drug-likeness (QED) is 0.190. The first-order valence-electron chi connectivity index (χ1n) is 17.1. The van der Waals surface area contributed by atoms with E-state index in [0.717, 1.165) is 88.7 Å². The molecule has 5 nitrogen and oxygen atoms in total. The Morgan fingerprint density at radius 1 is 0.412 bits per heavy atom. The van der Waals surface area contributed by atoms with E-state index in [1.807, 2.05) is 54.6 Å². The van der Waals surface area contributed by atoms with Crippen molar-refractivity contribution in [2.75, 3.05) is 0 Å². The van der Waals surface area contributed by atoms with E-state index in [1.165, 1.54) is 10.8 Å². The van der Waals surface area contributed by atoms with Gasteiger partial charge in [0.05, 0.1) is 28.0 Å². The largest absolute Gasteiger partial charge is 0.456 e. The SMILES string of the molecule is c1ccc(-c2cc(-c3c4oc5ccc(-n6c7ccccc7c7ccccc76)cc5c4cc4oc5ccccc5c34)nc(-c3ccccc3)n2)cc1. The second kappa shape index (κ2) is 10.8. The minimum absolute atomic E-state index is 0.648. The molecule has 0 aliphatic heterocycles. The average Bonchev–Trinajstić information content (AvgIpc) is 3.86. The van der Waals surface area contributed by atoms with Gasteiger partial charge in [-0.1, -0.05) is 115 Å². The van der Waals surface area contributed by atoms with Gasteiger partial charge in [-0.3, -0.25) is 0 Å². The topological polar surface area (TPSA) is 57.0 Å². The lowest BCUT2D eigenvalue weighted by molar-refractivity contribution is 0.664. The third kappa shape index (κ3) is 4.22. The first-order chi connectivity index (χ1) is 25.3. The van der Waals surface area contributed by atoms with Crippen LogP contribution in [-0.4, -0.2) is 14.5 Å². The highest BCUT2D eigenvalue weighted by molar-refractivity contribution is 6.23. The number of hydrogen-bond acceptors (Lipinski definition) is 4. The standard InChI is InChI=1S/C46H27N3O2/c1-3-13-28(14-4-1)36-27-37(48-46(47-36)29-15-5-2-6-16-29)44-43-33-19-9-12-22-40(33)50-42(43)26-35-34-25-30(23-24-41(34)51-45(35)44)49-38-20-10-7-17-31(38)32-18-8-11-21-39(32)49/h1-27H. The Labute approximate surface area is 291 Å². The minimum atomic E-state index is 0.648. The van der Waals surface area contributed by atoms with Gasteiger partial charge in [0.2, 0.25) is 0 Å². The number of hydrogen-bond donors (Lipinski definition) is 0. The van der Waals surface area contributed by atoms with E-state index in [1.54, 1.807) is 0 Å². The van der Waals surface area contributed by atoms with Crippen molar-refractivity contribution < 1.29 is 8.83 Å². The van der Waals surface area contributed by atoms with Crippen molar-refractivity contribution in [3.05, 3.63) is 164 Å². The molecule has 0 radical (unpaired) electrons. The third-order valence-electron chi connectivity index (χ3n) is 10.0. The van der Waals surface area contributed by atoms with Gasteiger partial charge in [-0.2, -0.15) is 0 Å². The minimum Gasteiger partial charge on any atom is -0.456 e. The second-order valence-electron chi connectivity index (χ2n) is 12.9. The predicted octanol–water partition coefficient (Wildman–Crippen LogP) is 12.4. The Morgan fingerprint density at radius 3 is 1.76 bits per heavy atom. The first-order valence-corrected chi connectivity index (χ1v) is 17.1. The monoisotopic (exact) mass is 653 g/mol. The molecule has 4 aromatic heterocycles. The van der Waals surface area contributed by atoms with Crippen molar-refractivity contribution in [3.63, 3.8) is 0 Å². The number of rotatable bonds is 4. The molecule has 0 unspecified atom stereocenters. The zero-order valence-corrected chi connectivity index (χ0v) is 27.2. The fraction of sp³-hybridized carbons (Fsp3) is 0. The van der Waals surface area contributed by atoms with Gasteiger partial charge in [0.25, 0.3) is 0 Å². The lowest BCUT2D eigenvalue weighted by atomic mass is 9.98. The van der Waals surface area contributed by atoms with Crippen LogP contribution in [0.2, 0.25) is 0 Å². The highest BCUT2D eigenvalue weighted by Gasteiger charge is 2.24. The van der Waals surface area contributed by atoms with Crippen LogP contribution in [0.5, 0.6) is 0 Å². The summed E-state index contributed by atoms with van der Waals surface area (Å²) in [7, 11) is 0. The van der Waals surface area contributed by atoms with E-state index < -0.39 is 0 Å². The van der Waals surface area contributed by atoms with E-state index in [4.69, 9.17) is 18.8 Å². The Kier molecular flexibility index (Phi) is 5.89. The van der Waals surface area contributed by atoms with Crippen LogP contribution in [0.15, 0.2) is 173 Å². The Bertz CT molecular complexity index is 3020. The van der Waals surface area contributed by atoms with E-state index in [9.17, 15) is 0 Å². The molecule has 0 amide bonds. The van der Waals surface area contributed by atoms with E-state index in [0.29, 0.717) is 5.82 Å². The van der Waals surface area contributed by atoms with Crippen LogP contribution >= 0.6 is 0 Å². The number of fused-ring (bicyclic) bond motifs is 9. The number of nitrogens with zero attached hydrogens (tertiary/aromatic N) is 3. The highest BCUT2D eigenvalue weighted by Crippen LogP contribution is 2.46. The van der Waals surface area contributed by atoms with Crippen LogP contribution in [0.3, 0.4) is 0 Å². The normalized spacial score (nSPS) is 11.9. The molecule has 11 rings (SSSR count). The average molecular weight is 654 g/mol. The summed E-state index contributed by atoms with van der Waals surface area (Å²) in [5.41, 5.74) is 11.0. The van der Waals surface area contributed by atoms with Gasteiger partial charge in [0.1, 0.15) is 22.3 Å². The first kappa shape index (κ1) is 27.9. The molecule has 0 atom stereocenters. The zero-order valence-electron chi connectivity index (χ0n) is 27.2. The number of para-hydroxylation sites is 3. The summed E-state index contributed by atoms with van der Waals surface area (Å²) in [6.07, 6.45) is 0. The summed E-state index contributed by atoms with van der Waals surface area (Å²) in [5.74, 6) is 0.648.